The van der Waals surface area contributed by atoms with Crippen LogP contribution in [-0.4, -0.2) is 35.0 Å². The molecule has 2 aliphatic rings. The highest BCUT2D eigenvalue weighted by Gasteiger charge is 2.60. The van der Waals surface area contributed by atoms with Gasteiger partial charge in [-0.15, -0.1) is 0 Å². The quantitative estimate of drug-likeness (QED) is 0.909. The molecule has 4 atom stereocenters. The van der Waals surface area contributed by atoms with Gasteiger partial charge in [-0.25, -0.2) is 4.98 Å². The van der Waals surface area contributed by atoms with Gasteiger partial charge in [-0.1, -0.05) is 11.6 Å². The Bertz CT molecular complexity index is 616. The SMILES string of the molecule is N#Cc1ncc(N2C[C@@H]3C[C@@H]3[C@@H]2[C@H](O)C(F)(F)F)cc1Cl. The number of alkyl halides is 3. The highest BCUT2D eigenvalue weighted by molar-refractivity contribution is 6.31. The third kappa shape index (κ3) is 2.43. The van der Waals surface area contributed by atoms with Gasteiger partial charge < -0.3 is 10.0 Å². The fraction of sp³-hybridized carbons (Fsp3) is 0.538. The second-order valence-corrected chi connectivity index (χ2v) is 5.83. The number of hydrogen-bond acceptors (Lipinski definition) is 4. The van der Waals surface area contributed by atoms with Crippen molar-refractivity contribution in [2.24, 2.45) is 11.8 Å². The molecule has 1 N–H and O–H groups in total. The molecule has 2 heterocycles. The maximum atomic E-state index is 12.8. The van der Waals surface area contributed by atoms with Crippen molar-refractivity contribution in [3.63, 3.8) is 0 Å². The van der Waals surface area contributed by atoms with E-state index in [4.69, 9.17) is 16.9 Å². The van der Waals surface area contributed by atoms with E-state index < -0.39 is 18.3 Å². The lowest BCUT2D eigenvalue weighted by molar-refractivity contribution is -0.210. The molecule has 3 rings (SSSR count). The minimum Gasteiger partial charge on any atom is -0.382 e. The fourth-order valence-electron chi connectivity index (χ4n) is 3.05. The van der Waals surface area contributed by atoms with Crippen molar-refractivity contribution in [3.05, 3.63) is 23.0 Å². The zero-order valence-corrected chi connectivity index (χ0v) is 11.4. The van der Waals surface area contributed by atoms with Crippen molar-refractivity contribution in [1.29, 1.82) is 5.26 Å². The summed E-state index contributed by atoms with van der Waals surface area (Å²) in [6.07, 6.45) is -5.04. The fourth-order valence-corrected chi connectivity index (χ4v) is 3.25. The molecule has 4 nitrogen and oxygen atoms in total. The van der Waals surface area contributed by atoms with Crippen molar-refractivity contribution >= 4 is 17.3 Å². The number of piperidine rings is 1. The lowest BCUT2D eigenvalue weighted by Crippen LogP contribution is -2.49. The van der Waals surface area contributed by atoms with Crippen molar-refractivity contribution in [2.45, 2.75) is 24.7 Å². The van der Waals surface area contributed by atoms with Crippen LogP contribution in [0.3, 0.4) is 0 Å². The van der Waals surface area contributed by atoms with E-state index >= 15 is 0 Å². The Balaban J connectivity index is 1.91. The van der Waals surface area contributed by atoms with Gasteiger partial charge in [0.25, 0.3) is 0 Å². The first-order valence-electron chi connectivity index (χ1n) is 6.40. The number of aliphatic hydroxyl groups is 1. The first kappa shape index (κ1) is 14.4. The van der Waals surface area contributed by atoms with Crippen LogP contribution in [0.25, 0.3) is 0 Å². The Hall–Kier alpha value is -1.52. The molecule has 1 aromatic rings. The maximum absolute atomic E-state index is 12.8. The number of fused-ring (bicyclic) bond motifs is 1. The molecule has 0 spiro atoms. The van der Waals surface area contributed by atoms with Crippen LogP contribution < -0.4 is 4.90 Å². The van der Waals surface area contributed by atoms with Crippen molar-refractivity contribution in [2.75, 3.05) is 11.4 Å². The van der Waals surface area contributed by atoms with Crippen LogP contribution in [0.15, 0.2) is 12.3 Å². The van der Waals surface area contributed by atoms with Gasteiger partial charge in [0.15, 0.2) is 11.8 Å². The first-order chi connectivity index (χ1) is 9.82. The van der Waals surface area contributed by atoms with Crippen molar-refractivity contribution in [3.8, 4) is 6.07 Å². The number of aliphatic hydroxyl groups excluding tert-OH is 1. The molecule has 0 bridgehead atoms. The third-order valence-electron chi connectivity index (χ3n) is 4.13. The zero-order chi connectivity index (χ0) is 15.4. The maximum Gasteiger partial charge on any atom is 0.416 e. The summed E-state index contributed by atoms with van der Waals surface area (Å²) in [5.74, 6) is 0.0115. The minimum absolute atomic E-state index is 0.0256. The lowest BCUT2D eigenvalue weighted by Gasteiger charge is -2.33. The average molecular weight is 318 g/mol. The lowest BCUT2D eigenvalue weighted by atomic mass is 10.1. The van der Waals surface area contributed by atoms with Gasteiger partial charge in [0.05, 0.1) is 22.9 Å². The van der Waals surface area contributed by atoms with Gasteiger partial charge in [-0.05, 0) is 24.3 Å². The van der Waals surface area contributed by atoms with Crippen LogP contribution in [0.1, 0.15) is 12.1 Å². The smallest absolute Gasteiger partial charge is 0.382 e. The zero-order valence-electron chi connectivity index (χ0n) is 10.7. The molecule has 0 amide bonds. The molecule has 0 aromatic carbocycles. The molecule has 112 valence electrons. The van der Waals surface area contributed by atoms with Crippen molar-refractivity contribution in [1.82, 2.24) is 4.98 Å². The van der Waals surface area contributed by atoms with E-state index in [0.717, 1.165) is 0 Å². The molecule has 0 unspecified atom stereocenters. The highest BCUT2D eigenvalue weighted by atomic mass is 35.5. The molecule has 0 radical (unpaired) electrons. The molecular weight excluding hydrogens is 307 g/mol. The predicted molar refractivity (Wildman–Crippen MR) is 68.8 cm³/mol. The standard InChI is InChI=1S/C13H11ClF3N3O/c14-9-2-7(4-19-10(9)3-18)20-5-6-1-8(6)11(20)12(21)13(15,16)17/h2,4,6,8,11-12,21H,1,5H2/t6-,8-,11+,12-/m0/s1. The van der Waals surface area contributed by atoms with Gasteiger partial charge in [0.1, 0.15) is 6.07 Å². The number of rotatable bonds is 2. The molecule has 1 aliphatic heterocycles. The summed E-state index contributed by atoms with van der Waals surface area (Å²) in [5.41, 5.74) is 0.428. The normalized spacial score (nSPS) is 29.0. The van der Waals surface area contributed by atoms with E-state index in [1.54, 1.807) is 6.07 Å². The van der Waals surface area contributed by atoms with Crippen molar-refractivity contribution < 1.29 is 18.3 Å². The van der Waals surface area contributed by atoms with E-state index in [0.29, 0.717) is 18.7 Å². The largest absolute Gasteiger partial charge is 0.416 e. The Kier molecular flexibility index (Phi) is 3.26. The third-order valence-corrected chi connectivity index (χ3v) is 4.42. The molecule has 1 aliphatic carbocycles. The summed E-state index contributed by atoms with van der Waals surface area (Å²) in [5, 5.41) is 18.5. The molecule has 1 saturated heterocycles. The summed E-state index contributed by atoms with van der Waals surface area (Å²) in [6, 6.07) is 2.21. The Labute approximate surface area is 123 Å². The van der Waals surface area contributed by atoms with Crippen LogP contribution in [0.2, 0.25) is 5.02 Å². The number of hydrogen-bond donors (Lipinski definition) is 1. The van der Waals surface area contributed by atoms with E-state index in [1.807, 2.05) is 0 Å². The number of anilines is 1. The summed E-state index contributed by atoms with van der Waals surface area (Å²) < 4.78 is 38.5. The molecule has 2 fully saturated rings. The summed E-state index contributed by atoms with van der Waals surface area (Å²) in [4.78, 5) is 5.34. The monoisotopic (exact) mass is 317 g/mol. The molecule has 1 aromatic heterocycles. The number of nitriles is 1. The number of halogens is 4. The minimum atomic E-state index is -4.66. The van der Waals surface area contributed by atoms with Crippen LogP contribution in [0.5, 0.6) is 0 Å². The summed E-state index contributed by atoms with van der Waals surface area (Å²) >= 11 is 5.88. The topological polar surface area (TPSA) is 60.2 Å². The van der Waals surface area contributed by atoms with Gasteiger partial charge in [-0.2, -0.15) is 18.4 Å². The average Bonchev–Trinajstić information content (AvgIpc) is 3.08. The van der Waals surface area contributed by atoms with Crippen LogP contribution in [0.4, 0.5) is 18.9 Å². The van der Waals surface area contributed by atoms with Crippen LogP contribution in [-0.2, 0) is 0 Å². The van der Waals surface area contributed by atoms with E-state index in [9.17, 15) is 18.3 Å². The van der Waals surface area contributed by atoms with E-state index in [2.05, 4.69) is 4.98 Å². The molecule has 8 heteroatoms. The molecular formula is C13H11ClF3N3O. The van der Waals surface area contributed by atoms with Crippen LogP contribution >= 0.6 is 11.6 Å². The summed E-state index contributed by atoms with van der Waals surface area (Å²) in [7, 11) is 0. The van der Waals surface area contributed by atoms with Gasteiger partial charge in [0.2, 0.25) is 0 Å². The Morgan fingerprint density at radius 3 is 2.81 bits per heavy atom. The summed E-state index contributed by atoms with van der Waals surface area (Å²) in [6.45, 7) is 0.437. The highest BCUT2D eigenvalue weighted by Crippen LogP contribution is 2.53. The van der Waals surface area contributed by atoms with Gasteiger partial charge in [-0.3, -0.25) is 0 Å². The molecule has 1 saturated carbocycles. The van der Waals surface area contributed by atoms with E-state index in [-0.39, 0.29) is 22.6 Å². The number of aromatic nitrogens is 1. The Morgan fingerprint density at radius 1 is 1.52 bits per heavy atom. The van der Waals surface area contributed by atoms with Gasteiger partial charge >= 0.3 is 6.18 Å². The second-order valence-electron chi connectivity index (χ2n) is 5.42. The van der Waals surface area contributed by atoms with Crippen LogP contribution in [0, 0.1) is 23.2 Å². The Morgan fingerprint density at radius 2 is 2.24 bits per heavy atom. The predicted octanol–water partition coefficient (Wildman–Crippen LogP) is 2.35. The van der Waals surface area contributed by atoms with E-state index in [1.165, 1.54) is 17.2 Å². The first-order valence-corrected chi connectivity index (χ1v) is 6.77. The number of nitrogens with zero attached hydrogens (tertiary/aromatic N) is 3. The molecule has 21 heavy (non-hydrogen) atoms. The number of pyridine rings is 1. The second kappa shape index (κ2) is 4.75. The van der Waals surface area contributed by atoms with Gasteiger partial charge in [0, 0.05) is 6.54 Å².